The van der Waals surface area contributed by atoms with Crippen LogP contribution < -0.4 is 10.6 Å². The standard InChI is InChI=1S/C15H14FN3/c1-19(10-12-3-2-4-13(16)7-12)15-6-5-11(9-17)8-14(15)18/h2-8H,10,18H2,1H3. The highest BCUT2D eigenvalue weighted by molar-refractivity contribution is 5.69. The molecule has 2 aromatic rings. The molecule has 0 heterocycles. The van der Waals surface area contributed by atoms with Crippen LogP contribution in [0, 0.1) is 17.1 Å². The molecule has 19 heavy (non-hydrogen) atoms. The van der Waals surface area contributed by atoms with Crippen LogP contribution in [-0.2, 0) is 6.54 Å². The van der Waals surface area contributed by atoms with E-state index in [0.29, 0.717) is 17.8 Å². The average Bonchev–Trinajstić information content (AvgIpc) is 2.38. The molecule has 0 aliphatic heterocycles. The first-order chi connectivity index (χ1) is 9.10. The Kier molecular flexibility index (Phi) is 3.67. The predicted octanol–water partition coefficient (Wildman–Crippen LogP) is 2.92. The molecule has 96 valence electrons. The molecule has 0 amide bonds. The summed E-state index contributed by atoms with van der Waals surface area (Å²) in [6.45, 7) is 0.549. The van der Waals surface area contributed by atoms with Gasteiger partial charge in [-0.25, -0.2) is 4.39 Å². The normalized spacial score (nSPS) is 9.95. The zero-order valence-corrected chi connectivity index (χ0v) is 10.6. The van der Waals surface area contributed by atoms with Crippen molar-refractivity contribution in [2.75, 3.05) is 17.7 Å². The number of hydrogen-bond donors (Lipinski definition) is 1. The fourth-order valence-electron chi connectivity index (χ4n) is 1.97. The Morgan fingerprint density at radius 2 is 2.05 bits per heavy atom. The molecule has 0 saturated carbocycles. The Labute approximate surface area is 111 Å². The third kappa shape index (κ3) is 3.02. The molecule has 0 aromatic heterocycles. The molecule has 0 spiro atoms. The van der Waals surface area contributed by atoms with Gasteiger partial charge in [-0.3, -0.25) is 0 Å². The molecule has 0 unspecified atom stereocenters. The molecule has 0 radical (unpaired) electrons. The molecular weight excluding hydrogens is 241 g/mol. The van der Waals surface area contributed by atoms with Crippen molar-refractivity contribution in [2.45, 2.75) is 6.54 Å². The van der Waals surface area contributed by atoms with E-state index < -0.39 is 0 Å². The number of nitriles is 1. The minimum absolute atomic E-state index is 0.251. The van der Waals surface area contributed by atoms with Crippen molar-refractivity contribution in [2.24, 2.45) is 0 Å². The van der Waals surface area contributed by atoms with Gasteiger partial charge >= 0.3 is 0 Å². The number of nitrogens with zero attached hydrogens (tertiary/aromatic N) is 2. The number of nitrogens with two attached hydrogens (primary N) is 1. The molecule has 0 fully saturated rings. The fraction of sp³-hybridized carbons (Fsp3) is 0.133. The second kappa shape index (κ2) is 5.40. The SMILES string of the molecule is CN(Cc1cccc(F)c1)c1ccc(C#N)cc1N. The van der Waals surface area contributed by atoms with E-state index >= 15 is 0 Å². The maximum atomic E-state index is 13.1. The van der Waals surface area contributed by atoms with Gasteiger partial charge in [0.25, 0.3) is 0 Å². The maximum Gasteiger partial charge on any atom is 0.123 e. The highest BCUT2D eigenvalue weighted by atomic mass is 19.1. The monoisotopic (exact) mass is 255 g/mol. The van der Waals surface area contributed by atoms with Crippen LogP contribution in [0.15, 0.2) is 42.5 Å². The predicted molar refractivity (Wildman–Crippen MR) is 74.1 cm³/mol. The van der Waals surface area contributed by atoms with Crippen molar-refractivity contribution in [3.63, 3.8) is 0 Å². The third-order valence-corrected chi connectivity index (χ3v) is 2.88. The second-order valence-corrected chi connectivity index (χ2v) is 4.37. The van der Waals surface area contributed by atoms with Crippen molar-refractivity contribution in [1.82, 2.24) is 0 Å². The van der Waals surface area contributed by atoms with Crippen LogP contribution >= 0.6 is 0 Å². The zero-order valence-electron chi connectivity index (χ0n) is 10.6. The van der Waals surface area contributed by atoms with Gasteiger partial charge in [-0.1, -0.05) is 12.1 Å². The van der Waals surface area contributed by atoms with Crippen LogP contribution in [0.25, 0.3) is 0 Å². The highest BCUT2D eigenvalue weighted by Gasteiger charge is 2.07. The largest absolute Gasteiger partial charge is 0.397 e. The summed E-state index contributed by atoms with van der Waals surface area (Å²) >= 11 is 0. The van der Waals surface area contributed by atoms with E-state index in [1.807, 2.05) is 24.1 Å². The first-order valence-corrected chi connectivity index (χ1v) is 5.85. The van der Waals surface area contributed by atoms with E-state index in [9.17, 15) is 4.39 Å². The first kappa shape index (κ1) is 12.9. The Morgan fingerprint density at radius 1 is 1.26 bits per heavy atom. The molecule has 0 saturated heterocycles. The molecule has 3 nitrogen and oxygen atoms in total. The number of rotatable bonds is 3. The molecule has 2 aromatic carbocycles. The van der Waals surface area contributed by atoms with E-state index in [1.165, 1.54) is 12.1 Å². The van der Waals surface area contributed by atoms with Crippen LogP contribution in [0.3, 0.4) is 0 Å². The van der Waals surface area contributed by atoms with Crippen LogP contribution in [0.4, 0.5) is 15.8 Å². The Hall–Kier alpha value is -2.54. The van der Waals surface area contributed by atoms with Gasteiger partial charge in [-0.05, 0) is 35.9 Å². The number of benzene rings is 2. The van der Waals surface area contributed by atoms with Gasteiger partial charge in [-0.15, -0.1) is 0 Å². The lowest BCUT2D eigenvalue weighted by Crippen LogP contribution is -2.17. The van der Waals surface area contributed by atoms with Gasteiger partial charge in [-0.2, -0.15) is 5.26 Å². The molecule has 0 atom stereocenters. The molecule has 0 bridgehead atoms. The van der Waals surface area contributed by atoms with E-state index in [-0.39, 0.29) is 5.82 Å². The summed E-state index contributed by atoms with van der Waals surface area (Å²) in [7, 11) is 1.88. The van der Waals surface area contributed by atoms with E-state index in [1.54, 1.807) is 24.3 Å². The van der Waals surface area contributed by atoms with Crippen molar-refractivity contribution in [1.29, 1.82) is 5.26 Å². The van der Waals surface area contributed by atoms with Crippen molar-refractivity contribution in [3.8, 4) is 6.07 Å². The van der Waals surface area contributed by atoms with Gasteiger partial charge in [0.05, 0.1) is 23.0 Å². The van der Waals surface area contributed by atoms with Crippen LogP contribution in [0.5, 0.6) is 0 Å². The molecular formula is C15H14FN3. The van der Waals surface area contributed by atoms with Crippen molar-refractivity contribution < 1.29 is 4.39 Å². The van der Waals surface area contributed by atoms with Crippen molar-refractivity contribution in [3.05, 3.63) is 59.4 Å². The molecule has 4 heteroatoms. The Balaban J connectivity index is 2.21. The molecule has 2 N–H and O–H groups in total. The number of halogens is 1. The van der Waals surface area contributed by atoms with Gasteiger partial charge in [0.2, 0.25) is 0 Å². The topological polar surface area (TPSA) is 53.0 Å². The molecule has 0 aliphatic rings. The van der Waals surface area contributed by atoms with Gasteiger partial charge in [0, 0.05) is 13.6 Å². The smallest absolute Gasteiger partial charge is 0.123 e. The quantitative estimate of drug-likeness (QED) is 0.858. The number of nitrogen functional groups attached to an aromatic ring is 1. The summed E-state index contributed by atoms with van der Waals surface area (Å²) in [5.74, 6) is -0.251. The summed E-state index contributed by atoms with van der Waals surface area (Å²) in [6, 6.07) is 13.6. The summed E-state index contributed by atoms with van der Waals surface area (Å²) < 4.78 is 13.1. The third-order valence-electron chi connectivity index (χ3n) is 2.88. The fourth-order valence-corrected chi connectivity index (χ4v) is 1.97. The van der Waals surface area contributed by atoms with E-state index in [0.717, 1.165) is 11.3 Å². The lowest BCUT2D eigenvalue weighted by molar-refractivity contribution is 0.625. The van der Waals surface area contributed by atoms with Crippen LogP contribution in [-0.4, -0.2) is 7.05 Å². The van der Waals surface area contributed by atoms with Gasteiger partial charge in [0.1, 0.15) is 5.82 Å². The lowest BCUT2D eigenvalue weighted by Gasteiger charge is -2.21. The van der Waals surface area contributed by atoms with Crippen molar-refractivity contribution >= 4 is 11.4 Å². The van der Waals surface area contributed by atoms with Gasteiger partial charge < -0.3 is 10.6 Å². The first-order valence-electron chi connectivity index (χ1n) is 5.85. The Morgan fingerprint density at radius 3 is 2.68 bits per heavy atom. The van der Waals surface area contributed by atoms with Crippen LogP contribution in [0.2, 0.25) is 0 Å². The average molecular weight is 255 g/mol. The summed E-state index contributed by atoms with van der Waals surface area (Å²) in [4.78, 5) is 1.92. The number of hydrogen-bond acceptors (Lipinski definition) is 3. The highest BCUT2D eigenvalue weighted by Crippen LogP contribution is 2.24. The molecule has 2 rings (SSSR count). The minimum atomic E-state index is -0.251. The van der Waals surface area contributed by atoms with E-state index in [2.05, 4.69) is 0 Å². The lowest BCUT2D eigenvalue weighted by atomic mass is 10.1. The maximum absolute atomic E-state index is 13.1. The van der Waals surface area contributed by atoms with Crippen LogP contribution in [0.1, 0.15) is 11.1 Å². The Bertz CT molecular complexity index is 632. The number of anilines is 2. The van der Waals surface area contributed by atoms with Gasteiger partial charge in [0.15, 0.2) is 0 Å². The minimum Gasteiger partial charge on any atom is -0.397 e. The summed E-state index contributed by atoms with van der Waals surface area (Å²) in [5, 5.41) is 8.80. The summed E-state index contributed by atoms with van der Waals surface area (Å²) in [6.07, 6.45) is 0. The second-order valence-electron chi connectivity index (χ2n) is 4.37. The molecule has 0 aliphatic carbocycles. The summed E-state index contributed by atoms with van der Waals surface area (Å²) in [5.41, 5.74) is 8.67. The van der Waals surface area contributed by atoms with E-state index in [4.69, 9.17) is 11.0 Å². The zero-order chi connectivity index (χ0) is 13.8.